The van der Waals surface area contributed by atoms with Gasteiger partial charge in [0.2, 0.25) is 0 Å². The lowest BCUT2D eigenvalue weighted by Gasteiger charge is -2.16. The fraction of sp³-hybridized carbons (Fsp3) is 0.375. The van der Waals surface area contributed by atoms with Crippen LogP contribution in [0.3, 0.4) is 0 Å². The molecule has 5 aromatic rings. The summed E-state index contributed by atoms with van der Waals surface area (Å²) in [6.45, 7) is 2.29. The maximum Gasteiger partial charge on any atom is 0.0352 e. The Balaban J connectivity index is 1.31. The number of unbranched alkanes of at least 4 members (excludes halogenated alkanes) is 9. The molecule has 0 N–H and O–H groups in total. The van der Waals surface area contributed by atoms with Gasteiger partial charge in [-0.3, -0.25) is 0 Å². The second kappa shape index (κ2) is 12.3. The largest absolute Gasteiger partial charge is 0.140 e. The van der Waals surface area contributed by atoms with Gasteiger partial charge in [0.15, 0.2) is 0 Å². The minimum Gasteiger partial charge on any atom is -0.140 e. The van der Waals surface area contributed by atoms with E-state index < -0.39 is 0 Å². The van der Waals surface area contributed by atoms with Gasteiger partial charge in [0, 0.05) is 28.7 Å². The Morgan fingerprint density at radius 3 is 1.67 bits per heavy atom. The Bertz CT molecular complexity index is 1440. The van der Waals surface area contributed by atoms with Crippen molar-refractivity contribution >= 4 is 91.4 Å². The van der Waals surface area contributed by atoms with E-state index in [4.69, 9.17) is 0 Å². The zero-order valence-corrected chi connectivity index (χ0v) is 26.5. The Morgan fingerprint density at radius 1 is 0.556 bits per heavy atom. The number of benzene rings is 4. The van der Waals surface area contributed by atoms with E-state index in [9.17, 15) is 0 Å². The van der Waals surface area contributed by atoms with Crippen molar-refractivity contribution in [1.82, 2.24) is 0 Å². The summed E-state index contributed by atoms with van der Waals surface area (Å²) in [5, 5.41) is 7.82. The molecule has 0 saturated heterocycles. The molecule has 0 aliphatic rings. The van der Waals surface area contributed by atoms with Crippen LogP contribution >= 0.6 is 59.1 Å². The molecule has 1 aromatic heterocycles. The molecular formula is C32H33Br3S. The molecule has 0 aliphatic heterocycles. The highest BCUT2D eigenvalue weighted by Crippen LogP contribution is 2.46. The van der Waals surface area contributed by atoms with Crippen molar-refractivity contribution < 1.29 is 0 Å². The third kappa shape index (κ3) is 5.58. The molecule has 4 heteroatoms. The molecular weight excluding hydrogens is 656 g/mol. The van der Waals surface area contributed by atoms with Crippen LogP contribution in [0, 0.1) is 0 Å². The Morgan fingerprint density at radius 2 is 1.06 bits per heavy atom. The first-order valence-electron chi connectivity index (χ1n) is 13.4. The van der Waals surface area contributed by atoms with Gasteiger partial charge in [-0.1, -0.05) is 137 Å². The minimum absolute atomic E-state index is 1.13. The predicted octanol–water partition coefficient (Wildman–Crippen LogP) is 13.1. The molecule has 0 fully saturated rings. The summed E-state index contributed by atoms with van der Waals surface area (Å²) in [4.78, 5) is 2.88. The first-order chi connectivity index (χ1) is 17.6. The van der Waals surface area contributed by atoms with E-state index in [1.807, 2.05) is 11.3 Å². The Kier molecular flexibility index (Phi) is 9.09. The number of aryl methyl sites for hydroxylation is 1. The van der Waals surface area contributed by atoms with Gasteiger partial charge in [-0.25, -0.2) is 0 Å². The van der Waals surface area contributed by atoms with E-state index in [0.717, 1.165) is 8.95 Å². The van der Waals surface area contributed by atoms with Gasteiger partial charge >= 0.3 is 0 Å². The first kappa shape index (κ1) is 26.7. The smallest absolute Gasteiger partial charge is 0.0352 e. The molecule has 36 heavy (non-hydrogen) atoms. The molecule has 0 atom stereocenters. The standard InChI is InChI=1S/C32H33Br3S/c1-2-3-4-5-6-7-8-9-10-11-12-21-13-18-30(36-21)26-19-27(33)23-16-17-25-29(35)20-28(34)24-15-14-22(26)31(23)32(24)25/h13-20H,2-12H2,1H3. The monoisotopic (exact) mass is 686 g/mol. The van der Waals surface area contributed by atoms with Crippen LogP contribution in [-0.2, 0) is 6.42 Å². The molecule has 0 unspecified atom stereocenters. The molecule has 0 amide bonds. The average Bonchev–Trinajstić information content (AvgIpc) is 3.35. The van der Waals surface area contributed by atoms with Crippen molar-refractivity contribution in [1.29, 1.82) is 0 Å². The van der Waals surface area contributed by atoms with Gasteiger partial charge in [-0.2, -0.15) is 0 Å². The lowest BCUT2D eigenvalue weighted by atomic mass is 9.91. The maximum absolute atomic E-state index is 3.90. The number of hydrogen-bond donors (Lipinski definition) is 0. The van der Waals surface area contributed by atoms with Gasteiger partial charge in [-0.15, -0.1) is 11.3 Å². The second-order valence-electron chi connectivity index (χ2n) is 10.0. The van der Waals surface area contributed by atoms with Crippen molar-refractivity contribution in [2.24, 2.45) is 0 Å². The molecule has 4 aromatic carbocycles. The minimum atomic E-state index is 1.13. The van der Waals surface area contributed by atoms with E-state index in [1.165, 1.54) is 123 Å². The van der Waals surface area contributed by atoms with Crippen molar-refractivity contribution in [2.75, 3.05) is 0 Å². The van der Waals surface area contributed by atoms with Gasteiger partial charge < -0.3 is 0 Å². The van der Waals surface area contributed by atoms with Gasteiger partial charge in [0.25, 0.3) is 0 Å². The summed E-state index contributed by atoms with van der Waals surface area (Å²) >= 11 is 13.5. The molecule has 188 valence electrons. The lowest BCUT2D eigenvalue weighted by Crippen LogP contribution is -1.89. The summed E-state index contributed by atoms with van der Waals surface area (Å²) in [5.74, 6) is 0. The van der Waals surface area contributed by atoms with Crippen LogP contribution < -0.4 is 0 Å². The summed E-state index contributed by atoms with van der Waals surface area (Å²) in [6, 6.07) is 18.2. The molecule has 0 radical (unpaired) electrons. The van der Waals surface area contributed by atoms with Crippen LogP contribution in [0.5, 0.6) is 0 Å². The van der Waals surface area contributed by atoms with Gasteiger partial charge in [-0.05, 0) is 69.4 Å². The van der Waals surface area contributed by atoms with E-state index in [0.29, 0.717) is 0 Å². The molecule has 0 bridgehead atoms. The van der Waals surface area contributed by atoms with Crippen molar-refractivity contribution in [2.45, 2.75) is 77.6 Å². The quantitative estimate of drug-likeness (QED) is 0.0904. The molecule has 5 rings (SSSR count). The lowest BCUT2D eigenvalue weighted by molar-refractivity contribution is 0.557. The zero-order chi connectivity index (χ0) is 25.1. The number of rotatable bonds is 12. The van der Waals surface area contributed by atoms with Crippen LogP contribution in [0.15, 0.2) is 61.9 Å². The highest BCUT2D eigenvalue weighted by Gasteiger charge is 2.18. The van der Waals surface area contributed by atoms with Crippen LogP contribution in [0.1, 0.15) is 76.0 Å². The fourth-order valence-electron chi connectivity index (χ4n) is 5.51. The van der Waals surface area contributed by atoms with Gasteiger partial charge in [0.05, 0.1) is 0 Å². The van der Waals surface area contributed by atoms with Crippen molar-refractivity contribution in [3.8, 4) is 10.4 Å². The van der Waals surface area contributed by atoms with Crippen LogP contribution in [0.25, 0.3) is 42.8 Å². The van der Waals surface area contributed by atoms with Gasteiger partial charge in [0.1, 0.15) is 0 Å². The fourth-order valence-corrected chi connectivity index (χ4v) is 8.58. The van der Waals surface area contributed by atoms with E-state index in [-0.39, 0.29) is 0 Å². The first-order valence-corrected chi connectivity index (χ1v) is 16.6. The van der Waals surface area contributed by atoms with E-state index >= 15 is 0 Å². The molecule has 0 aliphatic carbocycles. The number of hydrogen-bond acceptors (Lipinski definition) is 1. The summed E-state index contributed by atoms with van der Waals surface area (Å²) in [6.07, 6.45) is 15.1. The van der Waals surface area contributed by atoms with Crippen LogP contribution in [0.4, 0.5) is 0 Å². The SMILES string of the molecule is CCCCCCCCCCCCc1ccc(-c2cc(Br)c3ccc4c(Br)cc(Br)c5ccc2c3c45)s1. The number of thiophene rings is 1. The van der Waals surface area contributed by atoms with E-state index in [1.54, 1.807) is 0 Å². The molecule has 1 heterocycles. The Labute approximate surface area is 244 Å². The van der Waals surface area contributed by atoms with Crippen molar-refractivity contribution in [3.63, 3.8) is 0 Å². The average molecular weight is 689 g/mol. The highest BCUT2D eigenvalue weighted by molar-refractivity contribution is 9.11. The molecule has 0 spiro atoms. The van der Waals surface area contributed by atoms with E-state index in [2.05, 4.69) is 103 Å². The van der Waals surface area contributed by atoms with Crippen LogP contribution in [0.2, 0.25) is 0 Å². The van der Waals surface area contributed by atoms with Crippen LogP contribution in [-0.4, -0.2) is 0 Å². The maximum atomic E-state index is 3.90. The zero-order valence-electron chi connectivity index (χ0n) is 20.9. The topological polar surface area (TPSA) is 0 Å². The highest BCUT2D eigenvalue weighted by atomic mass is 79.9. The predicted molar refractivity (Wildman–Crippen MR) is 172 cm³/mol. The summed E-state index contributed by atoms with van der Waals surface area (Å²) < 4.78 is 3.43. The molecule has 0 nitrogen and oxygen atoms in total. The van der Waals surface area contributed by atoms with Crippen molar-refractivity contribution in [3.05, 3.63) is 66.8 Å². The summed E-state index contributed by atoms with van der Waals surface area (Å²) in [5.41, 5.74) is 1.33. The normalized spacial score (nSPS) is 12.0. The Hall–Kier alpha value is -0.940. The summed E-state index contributed by atoms with van der Waals surface area (Å²) in [7, 11) is 0. The number of halogens is 3. The third-order valence-corrected chi connectivity index (χ3v) is 10.6. The molecule has 0 saturated carbocycles. The third-order valence-electron chi connectivity index (χ3n) is 7.45. The second-order valence-corrected chi connectivity index (χ2v) is 13.7.